The highest BCUT2D eigenvalue weighted by atomic mass is 16.5. The Morgan fingerprint density at radius 3 is 2.32 bits per heavy atom. The minimum absolute atomic E-state index is 0.255. The highest BCUT2D eigenvalue weighted by molar-refractivity contribution is 4.80. The van der Waals surface area contributed by atoms with Crippen LogP contribution in [0.15, 0.2) is 0 Å². The van der Waals surface area contributed by atoms with Crippen LogP contribution in [0.25, 0.3) is 0 Å². The van der Waals surface area contributed by atoms with Gasteiger partial charge < -0.3 is 15.0 Å². The lowest BCUT2D eigenvalue weighted by atomic mass is 9.95. The Bertz CT molecular complexity index is 266. The van der Waals surface area contributed by atoms with Crippen molar-refractivity contribution in [2.24, 2.45) is 5.92 Å². The molecule has 2 atom stereocenters. The molecule has 2 saturated heterocycles. The Morgan fingerprint density at radius 2 is 1.79 bits per heavy atom. The van der Waals surface area contributed by atoms with Crippen LogP contribution >= 0.6 is 0 Å². The first-order chi connectivity index (χ1) is 8.92. The fourth-order valence-corrected chi connectivity index (χ4v) is 3.13. The zero-order valence-electron chi connectivity index (χ0n) is 13.2. The molecule has 2 aliphatic heterocycles. The summed E-state index contributed by atoms with van der Waals surface area (Å²) in [4.78, 5) is 2.61. The smallest absolute Gasteiger partial charge is 0.0706 e. The Balaban J connectivity index is 1.62. The molecule has 0 saturated carbocycles. The van der Waals surface area contributed by atoms with Crippen molar-refractivity contribution in [3.05, 3.63) is 0 Å². The van der Waals surface area contributed by atoms with E-state index in [1.807, 2.05) is 0 Å². The molecule has 0 aromatic heterocycles. The zero-order chi connectivity index (χ0) is 13.9. The summed E-state index contributed by atoms with van der Waals surface area (Å²) in [6, 6.07) is 0. The summed E-state index contributed by atoms with van der Waals surface area (Å²) < 4.78 is 5.93. The van der Waals surface area contributed by atoms with Crippen LogP contribution in [0.5, 0.6) is 0 Å². The second-order valence-corrected chi connectivity index (χ2v) is 7.52. The van der Waals surface area contributed by atoms with Gasteiger partial charge in [-0.1, -0.05) is 0 Å². The molecule has 2 rings (SSSR count). The van der Waals surface area contributed by atoms with Crippen molar-refractivity contribution in [3.8, 4) is 0 Å². The van der Waals surface area contributed by atoms with Crippen LogP contribution in [-0.4, -0.2) is 48.8 Å². The van der Waals surface area contributed by atoms with Crippen LogP contribution in [0.1, 0.15) is 53.4 Å². The fraction of sp³-hybridized carbons (Fsp3) is 1.00. The Kier molecular flexibility index (Phi) is 5.27. The van der Waals surface area contributed by atoms with E-state index in [1.165, 1.54) is 45.3 Å². The van der Waals surface area contributed by atoms with Crippen LogP contribution in [0.3, 0.4) is 0 Å². The number of hydrogen-bond acceptors (Lipinski definition) is 3. The maximum Gasteiger partial charge on any atom is 0.0706 e. The largest absolute Gasteiger partial charge is 0.374 e. The molecule has 0 aliphatic carbocycles. The Morgan fingerprint density at radius 1 is 1.11 bits per heavy atom. The fourth-order valence-electron chi connectivity index (χ4n) is 3.13. The molecule has 1 N–H and O–H groups in total. The van der Waals surface area contributed by atoms with Crippen LogP contribution in [0, 0.1) is 5.92 Å². The van der Waals surface area contributed by atoms with E-state index in [9.17, 15) is 0 Å². The number of hydrogen-bond donors (Lipinski definition) is 1. The maximum atomic E-state index is 5.93. The second-order valence-electron chi connectivity index (χ2n) is 7.52. The topological polar surface area (TPSA) is 24.5 Å². The van der Waals surface area contributed by atoms with Gasteiger partial charge in [-0.15, -0.1) is 0 Å². The first kappa shape index (κ1) is 15.3. The highest BCUT2D eigenvalue weighted by Crippen LogP contribution is 2.23. The van der Waals surface area contributed by atoms with E-state index in [2.05, 4.69) is 37.9 Å². The third-order valence-corrected chi connectivity index (χ3v) is 4.41. The molecule has 112 valence electrons. The van der Waals surface area contributed by atoms with Crippen molar-refractivity contribution in [1.82, 2.24) is 10.2 Å². The Labute approximate surface area is 119 Å². The predicted molar refractivity (Wildman–Crippen MR) is 80.5 cm³/mol. The molecule has 0 bridgehead atoms. The molecule has 0 radical (unpaired) electrons. The molecule has 0 spiro atoms. The van der Waals surface area contributed by atoms with Crippen molar-refractivity contribution < 1.29 is 4.74 Å². The molecule has 2 fully saturated rings. The van der Waals surface area contributed by atoms with Crippen LogP contribution in [-0.2, 0) is 4.74 Å². The van der Waals surface area contributed by atoms with Gasteiger partial charge in [0.25, 0.3) is 0 Å². The summed E-state index contributed by atoms with van der Waals surface area (Å²) >= 11 is 0. The van der Waals surface area contributed by atoms with Gasteiger partial charge in [0.05, 0.1) is 12.2 Å². The van der Waals surface area contributed by atoms with Gasteiger partial charge in [0.1, 0.15) is 0 Å². The molecule has 0 amide bonds. The zero-order valence-corrected chi connectivity index (χ0v) is 13.2. The van der Waals surface area contributed by atoms with E-state index >= 15 is 0 Å². The summed E-state index contributed by atoms with van der Waals surface area (Å²) in [6.45, 7) is 13.8. The summed E-state index contributed by atoms with van der Waals surface area (Å²) in [6.07, 6.45) is 6.16. The normalized spacial score (nSPS) is 30.9. The number of nitrogens with one attached hydrogen (secondary N) is 1. The number of piperidine rings is 1. The van der Waals surface area contributed by atoms with E-state index in [-0.39, 0.29) is 5.54 Å². The van der Waals surface area contributed by atoms with Gasteiger partial charge in [-0.05, 0) is 78.9 Å². The maximum absolute atomic E-state index is 5.93. The van der Waals surface area contributed by atoms with Gasteiger partial charge >= 0.3 is 0 Å². The number of ether oxygens (including phenoxy) is 1. The summed E-state index contributed by atoms with van der Waals surface area (Å²) in [5.74, 6) is 0.860. The molecular formula is C16H32N2O. The average Bonchev–Trinajstić information content (AvgIpc) is 2.73. The molecule has 3 nitrogen and oxygen atoms in total. The molecular weight excluding hydrogens is 236 g/mol. The monoisotopic (exact) mass is 268 g/mol. The molecule has 0 aromatic rings. The summed E-state index contributed by atoms with van der Waals surface area (Å²) in [7, 11) is 0. The number of likely N-dealkylation sites (tertiary alicyclic amines) is 1. The van der Waals surface area contributed by atoms with Crippen LogP contribution in [0.4, 0.5) is 0 Å². The number of rotatable bonds is 4. The highest BCUT2D eigenvalue weighted by Gasteiger charge is 2.26. The third kappa shape index (κ3) is 5.41. The quantitative estimate of drug-likeness (QED) is 0.848. The second kappa shape index (κ2) is 6.55. The first-order valence-electron chi connectivity index (χ1n) is 8.05. The molecule has 2 aliphatic rings. The average molecular weight is 268 g/mol. The SMILES string of the molecule is CC1CCC(CN2CCC(CNC(C)(C)C)CC2)O1. The third-order valence-electron chi connectivity index (χ3n) is 4.41. The van der Waals surface area contributed by atoms with E-state index in [0.717, 1.165) is 12.5 Å². The predicted octanol–water partition coefficient (Wildman–Crippen LogP) is 2.65. The van der Waals surface area contributed by atoms with E-state index in [0.29, 0.717) is 12.2 Å². The van der Waals surface area contributed by atoms with E-state index in [1.54, 1.807) is 0 Å². The van der Waals surface area contributed by atoms with E-state index in [4.69, 9.17) is 4.74 Å². The van der Waals surface area contributed by atoms with Gasteiger partial charge in [0.15, 0.2) is 0 Å². The van der Waals surface area contributed by atoms with Crippen molar-refractivity contribution in [3.63, 3.8) is 0 Å². The lowest BCUT2D eigenvalue weighted by Gasteiger charge is -2.34. The van der Waals surface area contributed by atoms with E-state index < -0.39 is 0 Å². The van der Waals surface area contributed by atoms with Gasteiger partial charge in [-0.25, -0.2) is 0 Å². The summed E-state index contributed by atoms with van der Waals surface area (Å²) in [5, 5.41) is 3.64. The van der Waals surface area contributed by atoms with Crippen molar-refractivity contribution >= 4 is 0 Å². The lowest BCUT2D eigenvalue weighted by molar-refractivity contribution is 0.0237. The molecule has 2 heterocycles. The minimum atomic E-state index is 0.255. The summed E-state index contributed by atoms with van der Waals surface area (Å²) in [5.41, 5.74) is 0.255. The molecule has 19 heavy (non-hydrogen) atoms. The standard InChI is InChI=1S/C16H32N2O/c1-13-5-6-15(19-13)12-18-9-7-14(8-10-18)11-17-16(2,3)4/h13-15,17H,5-12H2,1-4H3. The molecule has 2 unspecified atom stereocenters. The van der Waals surface area contributed by atoms with Crippen LogP contribution in [0.2, 0.25) is 0 Å². The van der Waals surface area contributed by atoms with Crippen molar-refractivity contribution in [2.45, 2.75) is 71.1 Å². The molecule has 3 heteroatoms. The van der Waals surface area contributed by atoms with Gasteiger partial charge in [0.2, 0.25) is 0 Å². The molecule has 0 aromatic carbocycles. The van der Waals surface area contributed by atoms with Gasteiger partial charge in [-0.2, -0.15) is 0 Å². The van der Waals surface area contributed by atoms with Crippen LogP contribution < -0.4 is 5.32 Å². The van der Waals surface area contributed by atoms with Crippen molar-refractivity contribution in [2.75, 3.05) is 26.2 Å². The first-order valence-corrected chi connectivity index (χ1v) is 8.05. The van der Waals surface area contributed by atoms with Crippen molar-refractivity contribution in [1.29, 1.82) is 0 Å². The Hall–Kier alpha value is -0.120. The number of nitrogens with zero attached hydrogens (tertiary/aromatic N) is 1. The van der Waals surface area contributed by atoms with Gasteiger partial charge in [0, 0.05) is 12.1 Å². The van der Waals surface area contributed by atoms with Gasteiger partial charge in [-0.3, -0.25) is 0 Å². The lowest BCUT2D eigenvalue weighted by Crippen LogP contribution is -2.44. The minimum Gasteiger partial charge on any atom is -0.374 e.